The van der Waals surface area contributed by atoms with Crippen LogP contribution in [0.4, 0.5) is 4.39 Å². The van der Waals surface area contributed by atoms with Crippen molar-refractivity contribution in [3.05, 3.63) is 59.9 Å². The zero-order valence-electron chi connectivity index (χ0n) is 15.1. The molecule has 1 unspecified atom stereocenters. The third-order valence-corrected chi connectivity index (χ3v) is 4.69. The first kappa shape index (κ1) is 17.3. The molecule has 3 aromatic rings. The SMILES string of the molecule is Cc1nc(C(=O)N2CCNCC2c2nccn2C)nn1-c1ccc(F)cc1. The summed E-state index contributed by atoms with van der Waals surface area (Å²) in [5.41, 5.74) is 0.654. The molecule has 9 heteroatoms. The van der Waals surface area contributed by atoms with Gasteiger partial charge in [-0.3, -0.25) is 4.79 Å². The number of benzene rings is 1. The van der Waals surface area contributed by atoms with Crippen molar-refractivity contribution in [2.24, 2.45) is 7.05 Å². The molecule has 27 heavy (non-hydrogen) atoms. The van der Waals surface area contributed by atoms with Gasteiger partial charge in [0.25, 0.3) is 5.91 Å². The molecule has 1 aromatic carbocycles. The van der Waals surface area contributed by atoms with Crippen molar-refractivity contribution in [2.75, 3.05) is 19.6 Å². The lowest BCUT2D eigenvalue weighted by atomic mass is 10.1. The summed E-state index contributed by atoms with van der Waals surface area (Å²) in [5.74, 6) is 0.928. The van der Waals surface area contributed by atoms with Crippen LogP contribution in [0.15, 0.2) is 36.7 Å². The van der Waals surface area contributed by atoms with Gasteiger partial charge in [0.2, 0.25) is 5.82 Å². The Morgan fingerprint density at radius 1 is 1.30 bits per heavy atom. The molecule has 1 aliphatic rings. The summed E-state index contributed by atoms with van der Waals surface area (Å²) in [6.07, 6.45) is 3.58. The maximum Gasteiger partial charge on any atom is 0.294 e. The average Bonchev–Trinajstić information content (AvgIpc) is 3.27. The third kappa shape index (κ3) is 3.21. The summed E-state index contributed by atoms with van der Waals surface area (Å²) in [6.45, 7) is 3.63. The molecule has 3 heterocycles. The molecule has 0 radical (unpaired) electrons. The molecule has 1 aliphatic heterocycles. The van der Waals surface area contributed by atoms with Crippen LogP contribution in [0.5, 0.6) is 0 Å². The van der Waals surface area contributed by atoms with Crippen LogP contribution in [-0.2, 0) is 7.05 Å². The van der Waals surface area contributed by atoms with Gasteiger partial charge >= 0.3 is 0 Å². The highest BCUT2D eigenvalue weighted by molar-refractivity contribution is 5.91. The molecule has 1 saturated heterocycles. The van der Waals surface area contributed by atoms with Crippen LogP contribution in [0.1, 0.15) is 28.3 Å². The first-order valence-corrected chi connectivity index (χ1v) is 8.73. The van der Waals surface area contributed by atoms with E-state index in [-0.39, 0.29) is 23.6 Å². The molecule has 2 aromatic heterocycles. The van der Waals surface area contributed by atoms with E-state index in [9.17, 15) is 9.18 Å². The molecule has 140 valence electrons. The van der Waals surface area contributed by atoms with Gasteiger partial charge in [-0.15, -0.1) is 5.10 Å². The number of rotatable bonds is 3. The summed E-state index contributed by atoms with van der Waals surface area (Å²) in [6, 6.07) is 5.72. The Morgan fingerprint density at radius 2 is 2.07 bits per heavy atom. The van der Waals surface area contributed by atoms with Crippen LogP contribution >= 0.6 is 0 Å². The fourth-order valence-electron chi connectivity index (χ4n) is 3.31. The van der Waals surface area contributed by atoms with Crippen LogP contribution < -0.4 is 5.32 Å². The Labute approximate surface area is 155 Å². The highest BCUT2D eigenvalue weighted by Crippen LogP contribution is 2.22. The van der Waals surface area contributed by atoms with Crippen molar-refractivity contribution in [1.82, 2.24) is 34.5 Å². The summed E-state index contributed by atoms with van der Waals surface area (Å²) < 4.78 is 16.6. The zero-order valence-corrected chi connectivity index (χ0v) is 15.1. The lowest BCUT2D eigenvalue weighted by Gasteiger charge is -2.35. The topological polar surface area (TPSA) is 80.9 Å². The first-order valence-electron chi connectivity index (χ1n) is 8.73. The van der Waals surface area contributed by atoms with Gasteiger partial charge in [-0.1, -0.05) is 0 Å². The summed E-state index contributed by atoms with van der Waals surface area (Å²) in [5, 5.41) is 7.67. The average molecular weight is 369 g/mol. The van der Waals surface area contributed by atoms with E-state index in [1.165, 1.54) is 12.1 Å². The lowest BCUT2D eigenvalue weighted by molar-refractivity contribution is 0.0608. The number of piperazine rings is 1. The minimum absolute atomic E-state index is 0.123. The number of carbonyl (C=O) groups excluding carboxylic acids is 1. The van der Waals surface area contributed by atoms with E-state index >= 15 is 0 Å². The second kappa shape index (κ2) is 6.92. The maximum atomic E-state index is 13.2. The minimum Gasteiger partial charge on any atom is -0.336 e. The monoisotopic (exact) mass is 369 g/mol. The lowest BCUT2D eigenvalue weighted by Crippen LogP contribution is -2.49. The first-order chi connectivity index (χ1) is 13.0. The Bertz CT molecular complexity index is 963. The van der Waals surface area contributed by atoms with Crippen LogP contribution in [-0.4, -0.2) is 54.8 Å². The highest BCUT2D eigenvalue weighted by Gasteiger charge is 2.33. The van der Waals surface area contributed by atoms with E-state index in [0.717, 1.165) is 5.82 Å². The van der Waals surface area contributed by atoms with Gasteiger partial charge in [-0.25, -0.2) is 19.0 Å². The molecule has 1 fully saturated rings. The van der Waals surface area contributed by atoms with Gasteiger partial charge < -0.3 is 14.8 Å². The molecule has 4 rings (SSSR count). The molecule has 0 bridgehead atoms. The Hall–Kier alpha value is -3.07. The second-order valence-corrected chi connectivity index (χ2v) is 6.49. The minimum atomic E-state index is -0.327. The number of halogens is 1. The van der Waals surface area contributed by atoms with Crippen LogP contribution in [0.2, 0.25) is 0 Å². The number of nitrogens with one attached hydrogen (secondary N) is 1. The van der Waals surface area contributed by atoms with E-state index in [1.54, 1.807) is 34.8 Å². The summed E-state index contributed by atoms with van der Waals surface area (Å²) >= 11 is 0. The van der Waals surface area contributed by atoms with Gasteiger partial charge in [0.1, 0.15) is 23.5 Å². The van der Waals surface area contributed by atoms with Crippen molar-refractivity contribution < 1.29 is 9.18 Å². The Balaban J connectivity index is 1.64. The van der Waals surface area contributed by atoms with Gasteiger partial charge in [0, 0.05) is 39.1 Å². The van der Waals surface area contributed by atoms with E-state index in [4.69, 9.17) is 0 Å². The second-order valence-electron chi connectivity index (χ2n) is 6.49. The molecule has 8 nitrogen and oxygen atoms in total. The van der Waals surface area contributed by atoms with Crippen LogP contribution in [0.25, 0.3) is 5.69 Å². The standard InChI is InChI=1S/C18H20FN7O/c1-12-22-16(23-26(12)14-5-3-13(19)4-6-14)18(27)25-10-7-20-11-15(25)17-21-8-9-24(17)2/h3-6,8-9,15,20H,7,10-11H2,1-2H3. The number of aryl methyl sites for hydroxylation is 2. The number of amides is 1. The van der Waals surface area contributed by atoms with E-state index in [1.807, 2.05) is 17.8 Å². The smallest absolute Gasteiger partial charge is 0.294 e. The van der Waals surface area contributed by atoms with Gasteiger partial charge in [0.05, 0.1) is 5.69 Å². The van der Waals surface area contributed by atoms with Crippen molar-refractivity contribution in [3.63, 3.8) is 0 Å². The molecule has 1 amide bonds. The number of imidazole rings is 1. The number of hydrogen-bond acceptors (Lipinski definition) is 5. The summed E-state index contributed by atoms with van der Waals surface area (Å²) in [4.78, 5) is 23.6. The zero-order chi connectivity index (χ0) is 19.0. The molecule has 0 saturated carbocycles. The number of aromatic nitrogens is 5. The van der Waals surface area contributed by atoms with Crippen molar-refractivity contribution >= 4 is 5.91 Å². The number of hydrogen-bond donors (Lipinski definition) is 1. The van der Waals surface area contributed by atoms with E-state index in [0.29, 0.717) is 31.1 Å². The summed E-state index contributed by atoms with van der Waals surface area (Å²) in [7, 11) is 1.91. The van der Waals surface area contributed by atoms with Crippen molar-refractivity contribution in [2.45, 2.75) is 13.0 Å². The number of nitrogens with zero attached hydrogens (tertiary/aromatic N) is 6. The van der Waals surface area contributed by atoms with Crippen LogP contribution in [0.3, 0.4) is 0 Å². The van der Waals surface area contributed by atoms with Crippen molar-refractivity contribution in [3.8, 4) is 5.69 Å². The molecular weight excluding hydrogens is 349 g/mol. The largest absolute Gasteiger partial charge is 0.336 e. The van der Waals surface area contributed by atoms with Gasteiger partial charge in [0.15, 0.2) is 0 Å². The van der Waals surface area contributed by atoms with E-state index in [2.05, 4.69) is 20.4 Å². The maximum absolute atomic E-state index is 13.2. The third-order valence-electron chi connectivity index (χ3n) is 4.69. The molecule has 0 aliphatic carbocycles. The molecule has 0 spiro atoms. The quantitative estimate of drug-likeness (QED) is 0.751. The Kier molecular flexibility index (Phi) is 4.44. The molecular formula is C18H20FN7O. The van der Waals surface area contributed by atoms with Gasteiger partial charge in [-0.05, 0) is 31.2 Å². The Morgan fingerprint density at radius 3 is 2.78 bits per heavy atom. The van der Waals surface area contributed by atoms with Crippen LogP contribution in [0, 0.1) is 12.7 Å². The fourth-order valence-corrected chi connectivity index (χ4v) is 3.31. The predicted molar refractivity (Wildman–Crippen MR) is 95.9 cm³/mol. The normalized spacial score (nSPS) is 17.3. The highest BCUT2D eigenvalue weighted by atomic mass is 19.1. The number of carbonyl (C=O) groups is 1. The molecule has 1 N–H and O–H groups in total. The van der Waals surface area contributed by atoms with Crippen molar-refractivity contribution in [1.29, 1.82) is 0 Å². The predicted octanol–water partition coefficient (Wildman–Crippen LogP) is 1.24. The van der Waals surface area contributed by atoms with Gasteiger partial charge in [-0.2, -0.15) is 0 Å². The fraction of sp³-hybridized carbons (Fsp3) is 0.333. The molecule has 1 atom stereocenters. The van der Waals surface area contributed by atoms with E-state index < -0.39 is 0 Å².